The Kier molecular flexibility index (Phi) is 7.78. The molecule has 1 fully saturated rings. The number of likely N-dealkylation sites (N-methyl/N-ethyl adjacent to an activating group) is 1. The van der Waals surface area contributed by atoms with Gasteiger partial charge < -0.3 is 14.9 Å². The van der Waals surface area contributed by atoms with E-state index in [2.05, 4.69) is 0 Å². The fourth-order valence-corrected chi connectivity index (χ4v) is 3.77. The van der Waals surface area contributed by atoms with Crippen molar-refractivity contribution < 1.29 is 19.5 Å². The summed E-state index contributed by atoms with van der Waals surface area (Å²) < 4.78 is 0. The summed E-state index contributed by atoms with van der Waals surface area (Å²) >= 11 is 7.33. The molecule has 1 aliphatic rings. The number of halogens is 1. The number of carbonyl (C=O) groups is 3. The molecule has 1 aromatic rings. The molecule has 1 N–H and O–H groups in total. The summed E-state index contributed by atoms with van der Waals surface area (Å²) in [7, 11) is 1.62. The molecule has 0 spiro atoms. The highest BCUT2D eigenvalue weighted by Crippen LogP contribution is 2.18. The maximum Gasteiger partial charge on any atom is 0.306 e. The fraction of sp³-hybridized carbons (Fsp3) is 0.500. The molecule has 0 unspecified atom stereocenters. The van der Waals surface area contributed by atoms with Crippen molar-refractivity contribution in [2.75, 3.05) is 32.4 Å². The van der Waals surface area contributed by atoms with Gasteiger partial charge in [-0.2, -0.15) is 0 Å². The first-order chi connectivity index (χ1) is 12.4. The highest BCUT2D eigenvalue weighted by Gasteiger charge is 2.27. The number of amides is 2. The summed E-state index contributed by atoms with van der Waals surface area (Å²) in [6.07, 6.45) is 0.936. The van der Waals surface area contributed by atoms with E-state index in [1.54, 1.807) is 11.9 Å². The SMILES string of the molecule is CN(CC(=O)N1CCC(C(=O)O)CC1)C(=O)CSCc1ccc(Cl)cc1. The predicted molar refractivity (Wildman–Crippen MR) is 102 cm³/mol. The Balaban J connectivity index is 1.70. The number of benzene rings is 1. The van der Waals surface area contributed by atoms with Gasteiger partial charge in [0.1, 0.15) is 0 Å². The van der Waals surface area contributed by atoms with Gasteiger partial charge >= 0.3 is 5.97 Å². The van der Waals surface area contributed by atoms with Crippen LogP contribution >= 0.6 is 23.4 Å². The van der Waals surface area contributed by atoms with E-state index in [-0.39, 0.29) is 24.3 Å². The Morgan fingerprint density at radius 3 is 2.42 bits per heavy atom. The van der Waals surface area contributed by atoms with Crippen LogP contribution in [0.4, 0.5) is 0 Å². The second kappa shape index (κ2) is 9.83. The third-order valence-electron chi connectivity index (χ3n) is 4.40. The van der Waals surface area contributed by atoms with Gasteiger partial charge in [0.2, 0.25) is 11.8 Å². The highest BCUT2D eigenvalue weighted by molar-refractivity contribution is 7.99. The summed E-state index contributed by atoms with van der Waals surface area (Å²) in [6.45, 7) is 0.893. The van der Waals surface area contributed by atoms with E-state index >= 15 is 0 Å². The van der Waals surface area contributed by atoms with Crippen LogP contribution in [0, 0.1) is 5.92 Å². The molecule has 1 aliphatic heterocycles. The predicted octanol–water partition coefficient (Wildman–Crippen LogP) is 2.35. The van der Waals surface area contributed by atoms with Gasteiger partial charge in [-0.15, -0.1) is 11.8 Å². The van der Waals surface area contributed by atoms with Crippen molar-refractivity contribution >= 4 is 41.1 Å². The molecule has 1 heterocycles. The van der Waals surface area contributed by atoms with Gasteiger partial charge in [-0.1, -0.05) is 23.7 Å². The summed E-state index contributed by atoms with van der Waals surface area (Å²) in [5.74, 6) is -0.407. The maximum atomic E-state index is 12.3. The number of hydrogen-bond acceptors (Lipinski definition) is 4. The highest BCUT2D eigenvalue weighted by atomic mass is 35.5. The molecule has 26 heavy (non-hydrogen) atoms. The summed E-state index contributed by atoms with van der Waals surface area (Å²) in [5.41, 5.74) is 1.09. The molecular formula is C18H23ClN2O4S. The molecule has 8 heteroatoms. The first kappa shape index (κ1) is 20.6. The van der Waals surface area contributed by atoms with Gasteiger partial charge in [0.25, 0.3) is 0 Å². The van der Waals surface area contributed by atoms with E-state index in [1.165, 1.54) is 16.7 Å². The molecule has 0 radical (unpaired) electrons. The third kappa shape index (κ3) is 6.21. The van der Waals surface area contributed by atoms with Crippen molar-refractivity contribution in [3.8, 4) is 0 Å². The van der Waals surface area contributed by atoms with Crippen LogP contribution in [0.2, 0.25) is 5.02 Å². The van der Waals surface area contributed by atoms with E-state index in [0.29, 0.717) is 42.5 Å². The molecule has 1 aromatic carbocycles. The molecule has 2 rings (SSSR count). The zero-order chi connectivity index (χ0) is 19.1. The normalized spacial score (nSPS) is 14.9. The minimum atomic E-state index is -0.804. The molecule has 6 nitrogen and oxygen atoms in total. The van der Waals surface area contributed by atoms with E-state index in [1.807, 2.05) is 24.3 Å². The van der Waals surface area contributed by atoms with Crippen molar-refractivity contribution in [3.05, 3.63) is 34.9 Å². The number of rotatable bonds is 7. The van der Waals surface area contributed by atoms with Crippen LogP contribution in [-0.2, 0) is 20.1 Å². The largest absolute Gasteiger partial charge is 0.481 e. The second-order valence-corrected chi connectivity index (χ2v) is 7.78. The molecule has 0 atom stereocenters. The lowest BCUT2D eigenvalue weighted by Crippen LogP contribution is -2.45. The van der Waals surface area contributed by atoms with Gasteiger partial charge in [0.05, 0.1) is 18.2 Å². The Morgan fingerprint density at radius 1 is 1.23 bits per heavy atom. The lowest BCUT2D eigenvalue weighted by atomic mass is 9.97. The van der Waals surface area contributed by atoms with Crippen molar-refractivity contribution in [2.24, 2.45) is 5.92 Å². The Labute approximate surface area is 162 Å². The third-order valence-corrected chi connectivity index (χ3v) is 5.64. The molecule has 142 valence electrons. The van der Waals surface area contributed by atoms with E-state index in [9.17, 15) is 14.4 Å². The number of aliphatic carboxylic acids is 1. The van der Waals surface area contributed by atoms with Crippen LogP contribution in [0.1, 0.15) is 18.4 Å². The topological polar surface area (TPSA) is 77.9 Å². The lowest BCUT2D eigenvalue weighted by molar-refractivity contribution is -0.146. The molecular weight excluding hydrogens is 376 g/mol. The summed E-state index contributed by atoms with van der Waals surface area (Å²) in [4.78, 5) is 38.5. The smallest absolute Gasteiger partial charge is 0.306 e. The van der Waals surface area contributed by atoms with Crippen molar-refractivity contribution in [3.63, 3.8) is 0 Å². The van der Waals surface area contributed by atoms with Crippen molar-refractivity contribution in [1.82, 2.24) is 9.80 Å². The summed E-state index contributed by atoms with van der Waals surface area (Å²) in [5, 5.41) is 9.68. The first-order valence-corrected chi connectivity index (χ1v) is 9.97. The average molecular weight is 399 g/mol. The van der Waals surface area contributed by atoms with Gasteiger partial charge in [-0.25, -0.2) is 0 Å². The summed E-state index contributed by atoms with van der Waals surface area (Å²) in [6, 6.07) is 7.48. The second-order valence-electron chi connectivity index (χ2n) is 6.36. The molecule has 0 bridgehead atoms. The first-order valence-electron chi connectivity index (χ1n) is 8.43. The molecule has 2 amide bonds. The van der Waals surface area contributed by atoms with Crippen LogP contribution in [0.25, 0.3) is 0 Å². The minimum absolute atomic E-state index is 0.0259. The standard InChI is InChI=1S/C18H23ClN2O4S/c1-20(10-16(22)21-8-6-14(7-9-21)18(24)25)17(23)12-26-11-13-2-4-15(19)5-3-13/h2-5,14H,6-12H2,1H3,(H,24,25). The number of hydrogen-bond donors (Lipinski definition) is 1. The van der Waals surface area contributed by atoms with Crippen LogP contribution < -0.4 is 0 Å². The van der Waals surface area contributed by atoms with Gasteiger partial charge in [-0.3, -0.25) is 14.4 Å². The van der Waals surface area contributed by atoms with Crippen LogP contribution in [0.5, 0.6) is 0 Å². The van der Waals surface area contributed by atoms with E-state index in [4.69, 9.17) is 16.7 Å². The molecule has 0 aliphatic carbocycles. The number of likely N-dealkylation sites (tertiary alicyclic amines) is 1. The average Bonchev–Trinajstić information content (AvgIpc) is 2.63. The van der Waals surface area contributed by atoms with Crippen molar-refractivity contribution in [1.29, 1.82) is 0 Å². The van der Waals surface area contributed by atoms with Crippen molar-refractivity contribution in [2.45, 2.75) is 18.6 Å². The maximum absolute atomic E-state index is 12.3. The number of carbonyl (C=O) groups excluding carboxylic acids is 2. The Bertz CT molecular complexity index is 645. The number of piperidine rings is 1. The Morgan fingerprint density at radius 2 is 1.85 bits per heavy atom. The lowest BCUT2D eigenvalue weighted by Gasteiger charge is -2.31. The number of carboxylic acids is 1. The van der Waals surface area contributed by atoms with Gasteiger partial charge in [-0.05, 0) is 30.5 Å². The van der Waals surface area contributed by atoms with E-state index in [0.717, 1.165) is 5.56 Å². The van der Waals surface area contributed by atoms with Crippen LogP contribution in [0.3, 0.4) is 0 Å². The zero-order valence-corrected chi connectivity index (χ0v) is 16.3. The zero-order valence-electron chi connectivity index (χ0n) is 14.7. The van der Waals surface area contributed by atoms with E-state index < -0.39 is 5.97 Å². The molecule has 0 saturated carbocycles. The number of carboxylic acid groups (broad SMARTS) is 1. The quantitative estimate of drug-likeness (QED) is 0.762. The molecule has 0 aromatic heterocycles. The minimum Gasteiger partial charge on any atom is -0.481 e. The van der Waals surface area contributed by atoms with Crippen LogP contribution in [-0.4, -0.2) is 65.1 Å². The van der Waals surface area contributed by atoms with Gasteiger partial charge in [0, 0.05) is 30.9 Å². The fourth-order valence-electron chi connectivity index (χ4n) is 2.71. The number of nitrogens with zero attached hydrogens (tertiary/aromatic N) is 2. The van der Waals surface area contributed by atoms with Gasteiger partial charge in [0.15, 0.2) is 0 Å². The van der Waals surface area contributed by atoms with Crippen LogP contribution in [0.15, 0.2) is 24.3 Å². The number of thioether (sulfide) groups is 1. The molecule has 1 saturated heterocycles. The Hall–Kier alpha value is -1.73. The monoisotopic (exact) mass is 398 g/mol.